The normalized spacial score (nSPS) is 12.6. The summed E-state index contributed by atoms with van der Waals surface area (Å²) in [5.74, 6) is 0. The van der Waals surface area contributed by atoms with Gasteiger partial charge in [0.2, 0.25) is 0 Å². The zero-order chi connectivity index (χ0) is 12.2. The van der Waals surface area contributed by atoms with Crippen LogP contribution in [0.3, 0.4) is 0 Å². The number of benzene rings is 1. The third-order valence-corrected chi connectivity index (χ3v) is 2.89. The Bertz CT molecular complexity index is 405. The Labute approximate surface area is 97.2 Å². The number of hydrogen-bond donors (Lipinski definition) is 1. The van der Waals surface area contributed by atoms with Gasteiger partial charge in [0.15, 0.2) is 0 Å². The Kier molecular flexibility index (Phi) is 3.88. The van der Waals surface area contributed by atoms with E-state index in [0.29, 0.717) is 5.56 Å². The average molecular weight is 217 g/mol. The van der Waals surface area contributed by atoms with Gasteiger partial charge < -0.3 is 5.73 Å². The zero-order valence-corrected chi connectivity index (χ0v) is 10.2. The summed E-state index contributed by atoms with van der Waals surface area (Å²) in [4.78, 5) is 10.7. The lowest BCUT2D eigenvalue weighted by Crippen LogP contribution is -2.26. The van der Waals surface area contributed by atoms with Crippen LogP contribution in [0.25, 0.3) is 0 Å². The molecule has 0 atom stereocenters. The Morgan fingerprint density at radius 1 is 1.44 bits per heavy atom. The molecule has 86 valence electrons. The molecule has 2 N–H and O–H groups in total. The summed E-state index contributed by atoms with van der Waals surface area (Å²) < 4.78 is 0. The molecule has 1 aromatic carbocycles. The van der Waals surface area contributed by atoms with Gasteiger partial charge in [-0.3, -0.25) is 4.79 Å². The van der Waals surface area contributed by atoms with Gasteiger partial charge in [0.1, 0.15) is 6.29 Å². The number of carbonyl (C=O) groups excluding carboxylic acids is 1. The van der Waals surface area contributed by atoms with Crippen molar-refractivity contribution in [3.05, 3.63) is 47.2 Å². The molecule has 0 fully saturated rings. The minimum Gasteiger partial charge on any atom is -0.402 e. The van der Waals surface area contributed by atoms with Crippen LogP contribution in [0, 0.1) is 0 Å². The predicted octanol–water partition coefficient (Wildman–Crippen LogP) is 3.03. The standard InChI is InChI=1S/C14H19NO/c1-4-6-13(15)14(2,3)12-8-5-7-11(9-12)10-16/h5-10H,4,15H2,1-3H3/b13-6+. The first-order valence-corrected chi connectivity index (χ1v) is 5.54. The van der Waals surface area contributed by atoms with E-state index in [2.05, 4.69) is 20.8 Å². The predicted molar refractivity (Wildman–Crippen MR) is 67.4 cm³/mol. The number of allylic oxidation sites excluding steroid dienone is 2. The van der Waals surface area contributed by atoms with Crippen LogP contribution in [0.4, 0.5) is 0 Å². The second-order valence-corrected chi connectivity index (χ2v) is 4.44. The van der Waals surface area contributed by atoms with Crippen LogP contribution in [-0.2, 0) is 5.41 Å². The van der Waals surface area contributed by atoms with Crippen molar-refractivity contribution in [2.24, 2.45) is 5.73 Å². The van der Waals surface area contributed by atoms with Crippen molar-refractivity contribution in [2.45, 2.75) is 32.6 Å². The maximum atomic E-state index is 10.7. The maximum absolute atomic E-state index is 10.7. The van der Waals surface area contributed by atoms with Crippen LogP contribution in [0.2, 0.25) is 0 Å². The molecular weight excluding hydrogens is 198 g/mol. The molecule has 16 heavy (non-hydrogen) atoms. The minimum atomic E-state index is -0.227. The van der Waals surface area contributed by atoms with Crippen molar-refractivity contribution >= 4 is 6.29 Å². The summed E-state index contributed by atoms with van der Waals surface area (Å²) in [7, 11) is 0. The number of carbonyl (C=O) groups is 1. The third kappa shape index (κ3) is 2.51. The summed E-state index contributed by atoms with van der Waals surface area (Å²) in [6.07, 6.45) is 3.80. The second-order valence-electron chi connectivity index (χ2n) is 4.44. The number of aldehydes is 1. The van der Waals surface area contributed by atoms with E-state index < -0.39 is 0 Å². The van der Waals surface area contributed by atoms with Crippen molar-refractivity contribution in [3.8, 4) is 0 Å². The van der Waals surface area contributed by atoms with Crippen LogP contribution in [0.1, 0.15) is 43.1 Å². The van der Waals surface area contributed by atoms with Gasteiger partial charge in [-0.2, -0.15) is 0 Å². The van der Waals surface area contributed by atoms with Gasteiger partial charge >= 0.3 is 0 Å². The van der Waals surface area contributed by atoms with E-state index in [9.17, 15) is 4.79 Å². The largest absolute Gasteiger partial charge is 0.402 e. The van der Waals surface area contributed by atoms with Crippen molar-refractivity contribution in [2.75, 3.05) is 0 Å². The fourth-order valence-corrected chi connectivity index (χ4v) is 1.64. The van der Waals surface area contributed by atoms with Gasteiger partial charge in [-0.1, -0.05) is 45.0 Å². The second kappa shape index (κ2) is 4.97. The van der Waals surface area contributed by atoms with E-state index in [4.69, 9.17) is 5.73 Å². The van der Waals surface area contributed by atoms with Crippen LogP contribution in [0.5, 0.6) is 0 Å². The molecule has 1 rings (SSSR count). The summed E-state index contributed by atoms with van der Waals surface area (Å²) in [5, 5.41) is 0. The highest BCUT2D eigenvalue weighted by Crippen LogP contribution is 2.29. The van der Waals surface area contributed by atoms with E-state index in [0.717, 1.165) is 24.0 Å². The van der Waals surface area contributed by atoms with E-state index in [1.807, 2.05) is 24.3 Å². The lowest BCUT2D eigenvalue weighted by molar-refractivity contribution is 0.112. The molecule has 0 aliphatic rings. The summed E-state index contributed by atoms with van der Waals surface area (Å²) in [6, 6.07) is 7.58. The highest BCUT2D eigenvalue weighted by Gasteiger charge is 2.23. The molecule has 2 nitrogen and oxygen atoms in total. The van der Waals surface area contributed by atoms with Gasteiger partial charge in [0.25, 0.3) is 0 Å². The van der Waals surface area contributed by atoms with E-state index in [1.165, 1.54) is 0 Å². The number of rotatable bonds is 4. The lowest BCUT2D eigenvalue weighted by Gasteiger charge is -2.26. The molecule has 0 bridgehead atoms. The molecule has 0 saturated carbocycles. The SMILES string of the molecule is CC/C=C(/N)C(C)(C)c1cccc(C=O)c1. The van der Waals surface area contributed by atoms with Gasteiger partial charge in [-0.05, 0) is 18.1 Å². The van der Waals surface area contributed by atoms with Crippen molar-refractivity contribution in [1.29, 1.82) is 0 Å². The monoisotopic (exact) mass is 217 g/mol. The molecule has 2 heteroatoms. The molecular formula is C14H19NO. The molecule has 0 spiro atoms. The fourth-order valence-electron chi connectivity index (χ4n) is 1.64. The van der Waals surface area contributed by atoms with E-state index in [-0.39, 0.29) is 5.41 Å². The first kappa shape index (κ1) is 12.5. The van der Waals surface area contributed by atoms with Crippen molar-refractivity contribution in [1.82, 2.24) is 0 Å². The maximum Gasteiger partial charge on any atom is 0.150 e. The Balaban J connectivity index is 3.15. The molecule has 0 aromatic heterocycles. The smallest absolute Gasteiger partial charge is 0.150 e. The number of hydrogen-bond acceptors (Lipinski definition) is 2. The summed E-state index contributed by atoms with van der Waals surface area (Å²) >= 11 is 0. The molecule has 0 saturated heterocycles. The Hall–Kier alpha value is -1.57. The van der Waals surface area contributed by atoms with Gasteiger partial charge in [0.05, 0.1) is 0 Å². The van der Waals surface area contributed by atoms with E-state index >= 15 is 0 Å². The highest BCUT2D eigenvalue weighted by molar-refractivity contribution is 5.75. The average Bonchev–Trinajstić information content (AvgIpc) is 2.29. The molecule has 0 radical (unpaired) electrons. The molecule has 1 aromatic rings. The minimum absolute atomic E-state index is 0.227. The topological polar surface area (TPSA) is 43.1 Å². The zero-order valence-electron chi connectivity index (χ0n) is 10.2. The fraction of sp³-hybridized carbons (Fsp3) is 0.357. The van der Waals surface area contributed by atoms with Gasteiger partial charge in [-0.15, -0.1) is 0 Å². The van der Waals surface area contributed by atoms with Crippen LogP contribution in [0.15, 0.2) is 36.0 Å². The molecule has 0 aliphatic carbocycles. The number of nitrogens with two attached hydrogens (primary N) is 1. The van der Waals surface area contributed by atoms with Gasteiger partial charge in [-0.25, -0.2) is 0 Å². The lowest BCUT2D eigenvalue weighted by atomic mass is 9.80. The van der Waals surface area contributed by atoms with E-state index in [1.54, 1.807) is 6.07 Å². The van der Waals surface area contributed by atoms with Crippen molar-refractivity contribution in [3.63, 3.8) is 0 Å². The summed E-state index contributed by atoms with van der Waals surface area (Å²) in [5.41, 5.74) is 8.44. The first-order chi connectivity index (χ1) is 7.52. The first-order valence-electron chi connectivity index (χ1n) is 5.54. The highest BCUT2D eigenvalue weighted by atomic mass is 16.1. The molecule has 0 unspecified atom stereocenters. The van der Waals surface area contributed by atoms with Crippen molar-refractivity contribution < 1.29 is 4.79 Å². The van der Waals surface area contributed by atoms with Crippen LogP contribution >= 0.6 is 0 Å². The summed E-state index contributed by atoms with van der Waals surface area (Å²) in [6.45, 7) is 6.20. The quantitative estimate of drug-likeness (QED) is 0.788. The van der Waals surface area contributed by atoms with Crippen LogP contribution < -0.4 is 5.73 Å². The Morgan fingerprint density at radius 3 is 2.69 bits per heavy atom. The molecule has 0 heterocycles. The molecule has 0 amide bonds. The molecule has 0 aliphatic heterocycles. The van der Waals surface area contributed by atoms with Crippen LogP contribution in [-0.4, -0.2) is 6.29 Å². The Morgan fingerprint density at radius 2 is 2.12 bits per heavy atom. The van der Waals surface area contributed by atoms with Gasteiger partial charge in [0, 0.05) is 16.7 Å². The third-order valence-electron chi connectivity index (χ3n) is 2.89.